The van der Waals surface area contributed by atoms with Gasteiger partial charge in [0.2, 0.25) is 0 Å². The molecule has 1 aromatic carbocycles. The first-order valence-electron chi connectivity index (χ1n) is 8.67. The minimum Gasteiger partial charge on any atom is -0.483 e. The van der Waals surface area contributed by atoms with Gasteiger partial charge in [-0.05, 0) is 43.5 Å². The smallest absolute Gasteiger partial charge is 0.261 e. The lowest BCUT2D eigenvalue weighted by Gasteiger charge is -2.36. The molecule has 1 fully saturated rings. The van der Waals surface area contributed by atoms with Crippen molar-refractivity contribution in [3.05, 3.63) is 58.9 Å². The van der Waals surface area contributed by atoms with E-state index in [1.54, 1.807) is 6.20 Å². The summed E-state index contributed by atoms with van der Waals surface area (Å²) in [6.45, 7) is 8.36. The number of benzene rings is 1. The van der Waals surface area contributed by atoms with Crippen LogP contribution in [0.25, 0.3) is 0 Å². The summed E-state index contributed by atoms with van der Waals surface area (Å²) in [6.07, 6.45) is 3.57. The Kier molecular flexibility index (Phi) is 7.00. The lowest BCUT2D eigenvalue weighted by molar-refractivity contribution is -0.136. The van der Waals surface area contributed by atoms with E-state index in [4.69, 9.17) is 4.74 Å². The molecule has 140 valence electrons. The highest BCUT2D eigenvalue weighted by atomic mass is 35.5. The number of nitrogens with zero attached hydrogens (tertiary/aromatic N) is 2. The zero-order chi connectivity index (χ0) is 17.8. The number of rotatable bonds is 4. The number of ether oxygens (including phenoxy) is 1. The molecule has 0 bridgehead atoms. The van der Waals surface area contributed by atoms with Gasteiger partial charge >= 0.3 is 0 Å². The van der Waals surface area contributed by atoms with Gasteiger partial charge in [-0.15, -0.1) is 12.4 Å². The molecule has 1 N–H and O–H groups in total. The van der Waals surface area contributed by atoms with Gasteiger partial charge in [0.15, 0.2) is 6.61 Å². The molecule has 6 heteroatoms. The van der Waals surface area contributed by atoms with Crippen LogP contribution in [0.5, 0.6) is 5.75 Å². The van der Waals surface area contributed by atoms with E-state index in [9.17, 15) is 4.79 Å². The number of aryl methyl sites for hydroxylation is 3. The molecule has 0 spiro atoms. The monoisotopic (exact) mass is 375 g/mol. The predicted molar refractivity (Wildman–Crippen MR) is 105 cm³/mol. The van der Waals surface area contributed by atoms with Crippen LogP contribution in [0.1, 0.15) is 28.3 Å². The summed E-state index contributed by atoms with van der Waals surface area (Å²) in [7, 11) is 0. The number of carbonyl (C=O) groups excluding carboxylic acids is 1. The zero-order valence-corrected chi connectivity index (χ0v) is 16.3. The third-order valence-corrected chi connectivity index (χ3v) is 4.58. The Labute approximate surface area is 161 Å². The second-order valence-corrected chi connectivity index (χ2v) is 6.61. The molecule has 1 saturated heterocycles. The SMILES string of the molecule is Cc1cc(C)c(OCC(=O)N2CCNCC2c2cccnc2)c(C)c1.Cl. The topological polar surface area (TPSA) is 54.5 Å². The van der Waals surface area contributed by atoms with E-state index in [2.05, 4.69) is 29.4 Å². The molecule has 1 aromatic heterocycles. The van der Waals surface area contributed by atoms with Crippen LogP contribution in [0.15, 0.2) is 36.7 Å². The Morgan fingerprint density at radius 2 is 2.04 bits per heavy atom. The van der Waals surface area contributed by atoms with Crippen molar-refractivity contribution < 1.29 is 9.53 Å². The molecule has 0 radical (unpaired) electrons. The number of halogens is 1. The fourth-order valence-electron chi connectivity index (χ4n) is 3.48. The van der Waals surface area contributed by atoms with Crippen molar-refractivity contribution in [3.8, 4) is 5.75 Å². The van der Waals surface area contributed by atoms with Crippen LogP contribution in [0.2, 0.25) is 0 Å². The first kappa shape index (κ1) is 20.2. The van der Waals surface area contributed by atoms with Crippen molar-refractivity contribution in [2.45, 2.75) is 26.8 Å². The maximum Gasteiger partial charge on any atom is 0.261 e. The van der Waals surface area contributed by atoms with Gasteiger partial charge < -0.3 is 15.0 Å². The average molecular weight is 376 g/mol. The van der Waals surface area contributed by atoms with Gasteiger partial charge in [0.1, 0.15) is 5.75 Å². The van der Waals surface area contributed by atoms with Crippen LogP contribution in [-0.4, -0.2) is 42.0 Å². The summed E-state index contributed by atoms with van der Waals surface area (Å²) in [4.78, 5) is 18.9. The van der Waals surface area contributed by atoms with Gasteiger partial charge in [0.05, 0.1) is 6.04 Å². The van der Waals surface area contributed by atoms with Crippen molar-refractivity contribution >= 4 is 18.3 Å². The molecule has 5 nitrogen and oxygen atoms in total. The number of hydrogen-bond acceptors (Lipinski definition) is 4. The van der Waals surface area contributed by atoms with Gasteiger partial charge in [0, 0.05) is 32.0 Å². The number of nitrogens with one attached hydrogen (secondary N) is 1. The Bertz CT molecular complexity index is 729. The lowest BCUT2D eigenvalue weighted by Crippen LogP contribution is -2.50. The average Bonchev–Trinajstić information content (AvgIpc) is 2.61. The Morgan fingerprint density at radius 1 is 1.31 bits per heavy atom. The maximum atomic E-state index is 12.8. The minimum atomic E-state index is -0.00115. The van der Waals surface area contributed by atoms with E-state index in [-0.39, 0.29) is 31.0 Å². The van der Waals surface area contributed by atoms with Gasteiger partial charge in [-0.2, -0.15) is 0 Å². The Hall–Kier alpha value is -2.11. The fraction of sp³-hybridized carbons (Fsp3) is 0.400. The quantitative estimate of drug-likeness (QED) is 0.892. The standard InChI is InChI=1S/C20H25N3O2.ClH/c1-14-9-15(2)20(16(3)10-14)25-13-19(24)23-8-7-22-12-18(23)17-5-4-6-21-11-17;/h4-6,9-11,18,22H,7-8,12-13H2,1-3H3;1H. The molecule has 0 aliphatic carbocycles. The molecule has 1 unspecified atom stereocenters. The van der Waals surface area contributed by atoms with Crippen LogP contribution in [0.3, 0.4) is 0 Å². The Balaban J connectivity index is 0.00000243. The first-order chi connectivity index (χ1) is 12.1. The largest absolute Gasteiger partial charge is 0.483 e. The second kappa shape index (κ2) is 9.01. The normalized spacial score (nSPS) is 16.7. The van der Waals surface area contributed by atoms with E-state index in [0.717, 1.165) is 35.5 Å². The summed E-state index contributed by atoms with van der Waals surface area (Å²) >= 11 is 0. The van der Waals surface area contributed by atoms with Gasteiger partial charge in [-0.1, -0.05) is 23.8 Å². The number of amides is 1. The van der Waals surface area contributed by atoms with Gasteiger partial charge in [0.25, 0.3) is 5.91 Å². The molecule has 3 rings (SSSR count). The minimum absolute atomic E-state index is 0. The molecule has 1 amide bonds. The zero-order valence-electron chi connectivity index (χ0n) is 15.5. The summed E-state index contributed by atoms with van der Waals surface area (Å²) in [5, 5.41) is 3.35. The molecular formula is C20H26ClN3O2. The number of hydrogen-bond donors (Lipinski definition) is 1. The highest BCUT2D eigenvalue weighted by Crippen LogP contribution is 2.26. The summed E-state index contributed by atoms with van der Waals surface area (Å²) < 4.78 is 5.89. The van der Waals surface area contributed by atoms with Gasteiger partial charge in [-0.25, -0.2) is 0 Å². The molecule has 26 heavy (non-hydrogen) atoms. The van der Waals surface area contributed by atoms with Crippen LogP contribution in [-0.2, 0) is 4.79 Å². The van der Waals surface area contributed by atoms with Crippen LogP contribution < -0.4 is 10.1 Å². The van der Waals surface area contributed by atoms with Gasteiger partial charge in [-0.3, -0.25) is 9.78 Å². The highest BCUT2D eigenvalue weighted by Gasteiger charge is 2.28. The summed E-state index contributed by atoms with van der Waals surface area (Å²) in [5.41, 5.74) is 4.38. The van der Waals surface area contributed by atoms with E-state index in [0.29, 0.717) is 6.54 Å². The van der Waals surface area contributed by atoms with Crippen molar-refractivity contribution in [1.82, 2.24) is 15.2 Å². The number of piperazine rings is 1. The molecule has 1 atom stereocenters. The van der Waals surface area contributed by atoms with E-state index in [1.807, 2.05) is 37.1 Å². The van der Waals surface area contributed by atoms with Crippen molar-refractivity contribution in [3.63, 3.8) is 0 Å². The first-order valence-corrected chi connectivity index (χ1v) is 8.67. The number of pyridine rings is 1. The lowest BCUT2D eigenvalue weighted by atomic mass is 10.1. The molecular weight excluding hydrogens is 350 g/mol. The van der Waals surface area contributed by atoms with Crippen molar-refractivity contribution in [2.24, 2.45) is 0 Å². The predicted octanol–water partition coefficient (Wildman–Crippen LogP) is 2.98. The van der Waals surface area contributed by atoms with E-state index < -0.39 is 0 Å². The number of carbonyl (C=O) groups is 1. The Morgan fingerprint density at radius 3 is 2.69 bits per heavy atom. The number of aromatic nitrogens is 1. The second-order valence-electron chi connectivity index (χ2n) is 6.61. The third kappa shape index (κ3) is 4.54. The maximum absolute atomic E-state index is 12.8. The fourth-order valence-corrected chi connectivity index (χ4v) is 3.48. The summed E-state index contributed by atoms with van der Waals surface area (Å²) in [6, 6.07) is 8.08. The van der Waals surface area contributed by atoms with Crippen LogP contribution in [0, 0.1) is 20.8 Å². The molecule has 1 aliphatic rings. The van der Waals surface area contributed by atoms with E-state index in [1.165, 1.54) is 5.56 Å². The molecule has 2 heterocycles. The highest BCUT2D eigenvalue weighted by molar-refractivity contribution is 5.85. The summed E-state index contributed by atoms with van der Waals surface area (Å²) in [5.74, 6) is 0.821. The van der Waals surface area contributed by atoms with Crippen molar-refractivity contribution in [2.75, 3.05) is 26.2 Å². The molecule has 2 aromatic rings. The molecule has 0 saturated carbocycles. The van der Waals surface area contributed by atoms with E-state index >= 15 is 0 Å². The van der Waals surface area contributed by atoms with Crippen molar-refractivity contribution in [1.29, 1.82) is 0 Å². The third-order valence-electron chi connectivity index (χ3n) is 4.58. The van der Waals surface area contributed by atoms with Crippen LogP contribution >= 0.6 is 12.4 Å². The molecule has 1 aliphatic heterocycles. The van der Waals surface area contributed by atoms with Crippen LogP contribution in [0.4, 0.5) is 0 Å².